The lowest BCUT2D eigenvalue weighted by Crippen LogP contribution is -2.27. The zero-order valence-electron chi connectivity index (χ0n) is 50.5. The summed E-state index contributed by atoms with van der Waals surface area (Å²) in [6.07, 6.45) is 0. The monoisotopic (exact) mass is 1150 g/mol. The van der Waals surface area contributed by atoms with Crippen LogP contribution < -0.4 is 4.90 Å². The molecule has 2 nitrogen and oxygen atoms in total. The first kappa shape index (κ1) is 53.4. The van der Waals surface area contributed by atoms with Crippen molar-refractivity contribution in [2.24, 2.45) is 0 Å². The van der Waals surface area contributed by atoms with Crippen LogP contribution in [0, 0.1) is 0 Å². The van der Waals surface area contributed by atoms with E-state index >= 15 is 0 Å². The van der Waals surface area contributed by atoms with Crippen LogP contribution in [0.5, 0.6) is 0 Å². The summed E-state index contributed by atoms with van der Waals surface area (Å²) in [7, 11) is 0. The van der Waals surface area contributed by atoms with Crippen molar-refractivity contribution in [3.05, 3.63) is 325 Å². The maximum Gasteiger partial charge on any atom is 0.0740 e. The molecule has 12 aromatic carbocycles. The lowest BCUT2D eigenvalue weighted by Gasteiger charge is -2.33. The molecule has 0 aliphatic heterocycles. The second-order valence-electron chi connectivity index (χ2n) is 26.0. The third-order valence-corrected chi connectivity index (χ3v) is 20.0. The van der Waals surface area contributed by atoms with E-state index in [1.165, 1.54) is 132 Å². The van der Waals surface area contributed by atoms with Gasteiger partial charge in [-0.05, 0) is 172 Å². The number of hydrogen-bond acceptors (Lipinski definition) is 2. The average molecular weight is 1150 g/mol. The van der Waals surface area contributed by atoms with Gasteiger partial charge in [-0.15, -0.1) is 11.3 Å². The molecule has 0 bridgehead atoms. The highest BCUT2D eigenvalue weighted by atomic mass is 32.1. The van der Waals surface area contributed by atoms with Gasteiger partial charge in [0.05, 0.1) is 16.4 Å². The van der Waals surface area contributed by atoms with Crippen LogP contribution in [0.15, 0.2) is 291 Å². The number of thiophene rings is 1. The van der Waals surface area contributed by atoms with Crippen LogP contribution in [0.3, 0.4) is 0 Å². The summed E-state index contributed by atoms with van der Waals surface area (Å²) < 4.78 is 2.38. The predicted octanol–water partition coefficient (Wildman–Crippen LogP) is 23.6. The number of fused-ring (bicyclic) bond motifs is 13. The third-order valence-electron chi connectivity index (χ3n) is 18.8. The minimum Gasteiger partial charge on any atom is -0.311 e. The maximum absolute atomic E-state index is 2.61. The fourth-order valence-electron chi connectivity index (χ4n) is 14.4. The van der Waals surface area contributed by atoms with Crippen molar-refractivity contribution in [1.82, 2.24) is 4.57 Å². The van der Waals surface area contributed by atoms with Gasteiger partial charge in [0.25, 0.3) is 0 Å². The predicted molar refractivity (Wildman–Crippen MR) is 374 cm³/mol. The zero-order chi connectivity index (χ0) is 59.5. The maximum atomic E-state index is 2.61. The highest BCUT2D eigenvalue weighted by Gasteiger charge is 2.55. The normalized spacial score (nSPS) is 14.1. The Morgan fingerprint density at radius 2 is 0.750 bits per heavy atom. The molecule has 1 unspecified atom stereocenters. The van der Waals surface area contributed by atoms with Gasteiger partial charge in [0.15, 0.2) is 0 Å². The summed E-state index contributed by atoms with van der Waals surface area (Å²) in [6.45, 7) is 14.2. The molecule has 16 rings (SSSR count). The molecule has 0 N–H and O–H groups in total. The topological polar surface area (TPSA) is 8.17 Å². The van der Waals surface area contributed by atoms with Crippen LogP contribution in [-0.4, -0.2) is 4.57 Å². The molecule has 422 valence electrons. The van der Waals surface area contributed by atoms with Crippen LogP contribution in [0.4, 0.5) is 17.1 Å². The quantitative estimate of drug-likeness (QED) is 0.140. The van der Waals surface area contributed by atoms with E-state index in [9.17, 15) is 0 Å². The average Bonchev–Trinajstić information content (AvgIpc) is 1.49. The van der Waals surface area contributed by atoms with Crippen molar-refractivity contribution < 1.29 is 0 Å². The molecule has 2 heterocycles. The van der Waals surface area contributed by atoms with Crippen LogP contribution in [0.1, 0.15) is 74.9 Å². The Morgan fingerprint density at radius 1 is 0.318 bits per heavy atom. The molecule has 2 aromatic heterocycles. The van der Waals surface area contributed by atoms with Crippen molar-refractivity contribution in [3.63, 3.8) is 0 Å². The van der Waals surface area contributed by atoms with E-state index in [4.69, 9.17) is 0 Å². The summed E-state index contributed by atoms with van der Waals surface area (Å²) >= 11 is 1.96. The van der Waals surface area contributed by atoms with E-state index in [1.54, 1.807) is 0 Å². The number of aromatic nitrogens is 1. The molecule has 14 aromatic rings. The summed E-state index contributed by atoms with van der Waals surface area (Å²) in [5.74, 6) is 0. The Kier molecular flexibility index (Phi) is 12.5. The molecule has 0 radical (unpaired) electrons. The van der Waals surface area contributed by atoms with Gasteiger partial charge in [0.1, 0.15) is 0 Å². The number of para-hydroxylation sites is 2. The number of nitrogens with zero attached hydrogens (tertiary/aromatic N) is 2. The van der Waals surface area contributed by atoms with E-state index in [2.05, 4.69) is 342 Å². The molecular weight excluding hydrogens is 1080 g/mol. The largest absolute Gasteiger partial charge is 0.311 e. The summed E-state index contributed by atoms with van der Waals surface area (Å²) in [6, 6.07) is 109. The van der Waals surface area contributed by atoms with Gasteiger partial charge in [-0.25, -0.2) is 0 Å². The number of anilines is 3. The van der Waals surface area contributed by atoms with E-state index in [1.807, 2.05) is 11.3 Å². The lowest BCUT2D eigenvalue weighted by molar-refractivity contribution is 0.586. The third kappa shape index (κ3) is 8.50. The second kappa shape index (κ2) is 20.6. The van der Waals surface area contributed by atoms with Gasteiger partial charge in [-0.1, -0.05) is 266 Å². The van der Waals surface area contributed by atoms with Crippen LogP contribution in [0.2, 0.25) is 0 Å². The van der Waals surface area contributed by atoms with Gasteiger partial charge in [0.2, 0.25) is 0 Å². The number of benzene rings is 12. The number of rotatable bonds is 9. The molecule has 1 atom stereocenters. The smallest absolute Gasteiger partial charge is 0.0740 e. The van der Waals surface area contributed by atoms with Crippen molar-refractivity contribution in [2.45, 2.75) is 57.8 Å². The first-order valence-electron chi connectivity index (χ1n) is 30.9. The van der Waals surface area contributed by atoms with Crippen LogP contribution in [-0.2, 0) is 16.2 Å². The molecule has 0 amide bonds. The van der Waals surface area contributed by atoms with Gasteiger partial charge in [-0.2, -0.15) is 0 Å². The van der Waals surface area contributed by atoms with Crippen LogP contribution >= 0.6 is 11.3 Å². The molecule has 0 fully saturated rings. The highest BCUT2D eigenvalue weighted by Crippen LogP contribution is 2.69. The van der Waals surface area contributed by atoms with Crippen molar-refractivity contribution in [1.29, 1.82) is 0 Å². The summed E-state index contributed by atoms with van der Waals surface area (Å²) in [4.78, 5) is 5.06. The Hall–Kier alpha value is -10.1. The van der Waals surface area contributed by atoms with Crippen molar-refractivity contribution >= 4 is 50.2 Å². The van der Waals surface area contributed by atoms with E-state index in [0.717, 1.165) is 22.7 Å². The highest BCUT2D eigenvalue weighted by molar-refractivity contribution is 7.19. The van der Waals surface area contributed by atoms with Gasteiger partial charge in [0, 0.05) is 48.8 Å². The molecular formula is C85H66N2S. The first-order valence-corrected chi connectivity index (χ1v) is 31.7. The molecule has 2 aliphatic carbocycles. The SMILES string of the molecule is CC(C)(C)c1ccc2c(c1)C1(c3ccccc3-c3c(-c4ccccc4)sc(-c4ccccc4)c31)c1cc(C(C)(C)C)cc(-c3ccc(N(c4ccc(-c5ccccc5)cc4)c4ccc(-c5ccc(-n6c7ccccc7c7ccccc76)cc5)cc4)cc3)c1-2. The Bertz CT molecular complexity index is 4930. The second-order valence-corrected chi connectivity index (χ2v) is 27.0. The Labute approximate surface area is 521 Å². The van der Waals surface area contributed by atoms with Gasteiger partial charge >= 0.3 is 0 Å². The fraction of sp³-hybridized carbons (Fsp3) is 0.106. The zero-order valence-corrected chi connectivity index (χ0v) is 51.3. The fourth-order valence-corrected chi connectivity index (χ4v) is 15.8. The summed E-state index contributed by atoms with van der Waals surface area (Å²) in [5, 5.41) is 2.53. The molecule has 1 spiro atoms. The summed E-state index contributed by atoms with van der Waals surface area (Å²) in [5.41, 5.74) is 29.1. The Balaban J connectivity index is 0.854. The first-order chi connectivity index (χ1) is 42.9. The standard InChI is InChI=1S/C85H66N2S/c1-83(2,3)62-42-51-71-74(53-62)85(73-31-19-16-30-70(73)79-80(85)82(61-26-14-9-15-27-61)88-81(79)60-24-12-8-13-25-60)75-54-63(84(4,5)6)52-72(78(71)75)59-40-49-66(50-41-59)86(64-43-34-56(35-44-64)55-22-10-7-11-23-55)65-45-36-57(37-46-65)58-38-47-67(48-39-58)87-76-32-20-17-28-68(76)69-29-18-21-33-77(69)87/h7-54H,1-6H3. The molecule has 2 aliphatic rings. The van der Waals surface area contributed by atoms with E-state index in [-0.39, 0.29) is 10.8 Å². The van der Waals surface area contributed by atoms with Crippen molar-refractivity contribution in [2.75, 3.05) is 4.90 Å². The van der Waals surface area contributed by atoms with Crippen molar-refractivity contribution in [3.8, 4) is 82.2 Å². The molecule has 88 heavy (non-hydrogen) atoms. The molecule has 3 heteroatoms. The number of hydrogen-bond donors (Lipinski definition) is 0. The van der Waals surface area contributed by atoms with Gasteiger partial charge < -0.3 is 9.47 Å². The van der Waals surface area contributed by atoms with Crippen LogP contribution in [0.25, 0.3) is 104 Å². The van der Waals surface area contributed by atoms with E-state index < -0.39 is 5.41 Å². The molecule has 0 saturated heterocycles. The molecule has 0 saturated carbocycles. The minimum atomic E-state index is -0.605. The van der Waals surface area contributed by atoms with E-state index in [0.29, 0.717) is 0 Å². The lowest BCUT2D eigenvalue weighted by atomic mass is 9.68. The minimum absolute atomic E-state index is 0.0812. The van der Waals surface area contributed by atoms with Gasteiger partial charge in [-0.3, -0.25) is 0 Å². The Morgan fingerprint density at radius 3 is 1.30 bits per heavy atom.